The van der Waals surface area contributed by atoms with Crippen LogP contribution in [0.2, 0.25) is 0 Å². The number of fused-ring (bicyclic) bond motifs is 1. The van der Waals surface area contributed by atoms with Crippen LogP contribution < -0.4 is 16.6 Å². The molecule has 8 heteroatoms. The van der Waals surface area contributed by atoms with E-state index in [1.54, 1.807) is 4.57 Å². The van der Waals surface area contributed by atoms with Crippen molar-refractivity contribution in [2.45, 2.75) is 84.3 Å². The Morgan fingerprint density at radius 1 is 1.18 bits per heavy atom. The summed E-state index contributed by atoms with van der Waals surface area (Å²) in [7, 11) is 0. The van der Waals surface area contributed by atoms with Gasteiger partial charge in [-0.3, -0.25) is 18.7 Å². The van der Waals surface area contributed by atoms with Gasteiger partial charge >= 0.3 is 5.69 Å². The van der Waals surface area contributed by atoms with Gasteiger partial charge in [-0.05, 0) is 47.7 Å². The number of hydrogen-bond acceptors (Lipinski definition) is 4. The van der Waals surface area contributed by atoms with Crippen molar-refractivity contribution in [1.82, 2.24) is 14.5 Å². The molecule has 2 aromatic rings. The SMILES string of the molecule is CCCCCn1c(=O)n(CC(=O)NC2CCCCC2)c(=O)c2c(C)c(Br)sc21. The largest absolute Gasteiger partial charge is 0.352 e. The highest BCUT2D eigenvalue weighted by atomic mass is 79.9. The van der Waals surface area contributed by atoms with Gasteiger partial charge in [0.25, 0.3) is 5.56 Å². The summed E-state index contributed by atoms with van der Waals surface area (Å²) in [4.78, 5) is 39.4. The van der Waals surface area contributed by atoms with E-state index in [-0.39, 0.29) is 29.7 Å². The number of thiophene rings is 1. The Morgan fingerprint density at radius 2 is 1.89 bits per heavy atom. The highest BCUT2D eigenvalue weighted by Crippen LogP contribution is 2.32. The monoisotopic (exact) mass is 469 g/mol. The van der Waals surface area contributed by atoms with Crippen LogP contribution in [0.25, 0.3) is 10.2 Å². The molecule has 1 aliphatic carbocycles. The Balaban J connectivity index is 1.96. The second-order valence-corrected chi connectivity index (χ2v) is 9.93. The zero-order chi connectivity index (χ0) is 20.3. The van der Waals surface area contributed by atoms with Gasteiger partial charge in [0, 0.05) is 12.6 Å². The number of amides is 1. The van der Waals surface area contributed by atoms with Gasteiger partial charge in [-0.15, -0.1) is 11.3 Å². The number of hydrogen-bond donors (Lipinski definition) is 1. The van der Waals surface area contributed by atoms with Crippen molar-refractivity contribution in [3.05, 3.63) is 30.2 Å². The van der Waals surface area contributed by atoms with E-state index in [0.29, 0.717) is 16.8 Å². The number of unbranched alkanes of at least 4 members (excludes halogenated alkanes) is 2. The molecule has 1 aliphatic rings. The minimum atomic E-state index is -0.388. The van der Waals surface area contributed by atoms with Crippen LogP contribution in [0.4, 0.5) is 0 Å². The van der Waals surface area contributed by atoms with E-state index < -0.39 is 0 Å². The average Bonchev–Trinajstić information content (AvgIpc) is 2.97. The number of halogens is 1. The molecule has 2 heterocycles. The molecule has 154 valence electrons. The topological polar surface area (TPSA) is 73.1 Å². The van der Waals surface area contributed by atoms with Crippen LogP contribution >= 0.6 is 27.3 Å². The molecule has 1 N–H and O–H groups in total. The van der Waals surface area contributed by atoms with E-state index in [1.807, 2.05) is 6.92 Å². The molecule has 1 amide bonds. The first-order chi connectivity index (χ1) is 13.4. The maximum absolute atomic E-state index is 13.1. The lowest BCUT2D eigenvalue weighted by atomic mass is 9.95. The van der Waals surface area contributed by atoms with Crippen LogP contribution in [-0.2, 0) is 17.9 Å². The van der Waals surface area contributed by atoms with Crippen molar-refractivity contribution < 1.29 is 4.79 Å². The van der Waals surface area contributed by atoms with E-state index in [1.165, 1.54) is 17.8 Å². The van der Waals surface area contributed by atoms with Gasteiger partial charge in [-0.1, -0.05) is 39.0 Å². The van der Waals surface area contributed by atoms with Crippen LogP contribution in [0, 0.1) is 6.92 Å². The molecule has 0 bridgehead atoms. The Labute approximate surface area is 177 Å². The summed E-state index contributed by atoms with van der Waals surface area (Å²) in [6, 6.07) is 0.157. The zero-order valence-corrected chi connectivity index (χ0v) is 19.0. The Kier molecular flexibility index (Phi) is 7.15. The quantitative estimate of drug-likeness (QED) is 0.624. The third-order valence-corrected chi connectivity index (χ3v) is 7.68. The number of carbonyl (C=O) groups is 1. The van der Waals surface area contributed by atoms with Gasteiger partial charge in [-0.25, -0.2) is 4.79 Å². The van der Waals surface area contributed by atoms with Crippen LogP contribution in [-0.4, -0.2) is 21.1 Å². The Bertz CT molecular complexity index is 970. The Morgan fingerprint density at radius 3 is 2.57 bits per heavy atom. The molecule has 0 atom stereocenters. The molecule has 0 spiro atoms. The molecule has 0 radical (unpaired) electrons. The summed E-state index contributed by atoms with van der Waals surface area (Å²) >= 11 is 4.91. The van der Waals surface area contributed by atoms with Gasteiger partial charge in [0.1, 0.15) is 11.4 Å². The summed E-state index contributed by atoms with van der Waals surface area (Å²) in [5, 5.41) is 3.55. The maximum atomic E-state index is 13.1. The van der Waals surface area contributed by atoms with E-state index in [2.05, 4.69) is 28.2 Å². The predicted molar refractivity (Wildman–Crippen MR) is 117 cm³/mol. The lowest BCUT2D eigenvalue weighted by Gasteiger charge is -2.23. The minimum absolute atomic E-state index is 0.157. The molecule has 0 saturated heterocycles. The van der Waals surface area contributed by atoms with E-state index in [4.69, 9.17) is 0 Å². The van der Waals surface area contributed by atoms with Crippen molar-refractivity contribution in [3.63, 3.8) is 0 Å². The number of rotatable bonds is 7. The standard InChI is InChI=1S/C20H28BrN3O3S/c1-3-4-8-11-23-19-16(13(2)17(21)28-19)18(26)24(20(23)27)12-15(25)22-14-9-6-5-7-10-14/h14H,3-12H2,1-2H3,(H,22,25). The summed E-state index contributed by atoms with van der Waals surface area (Å²) in [6.07, 6.45) is 8.31. The number of aromatic nitrogens is 2. The lowest BCUT2D eigenvalue weighted by Crippen LogP contribution is -2.45. The molecule has 6 nitrogen and oxygen atoms in total. The normalized spacial score (nSPS) is 15.2. The molecule has 0 unspecified atom stereocenters. The van der Waals surface area contributed by atoms with Gasteiger partial charge in [-0.2, -0.15) is 0 Å². The third-order valence-electron chi connectivity index (χ3n) is 5.49. The van der Waals surface area contributed by atoms with Crippen molar-refractivity contribution in [3.8, 4) is 0 Å². The fraction of sp³-hybridized carbons (Fsp3) is 0.650. The maximum Gasteiger partial charge on any atom is 0.332 e. The first-order valence-corrected chi connectivity index (χ1v) is 11.8. The van der Waals surface area contributed by atoms with E-state index >= 15 is 0 Å². The summed E-state index contributed by atoms with van der Waals surface area (Å²) < 4.78 is 3.63. The van der Waals surface area contributed by atoms with Gasteiger partial charge in [0.05, 0.1) is 9.17 Å². The van der Waals surface area contributed by atoms with E-state index in [9.17, 15) is 14.4 Å². The number of aryl methyl sites for hydroxylation is 2. The average molecular weight is 470 g/mol. The second-order valence-electron chi connectivity index (χ2n) is 7.62. The van der Waals surface area contributed by atoms with Crippen LogP contribution in [0.1, 0.15) is 63.9 Å². The lowest BCUT2D eigenvalue weighted by molar-refractivity contribution is -0.122. The number of nitrogens with zero attached hydrogens (tertiary/aromatic N) is 2. The number of carbonyl (C=O) groups excluding carboxylic acids is 1. The predicted octanol–water partition coefficient (Wildman–Crippen LogP) is 3.93. The van der Waals surface area contributed by atoms with Crippen molar-refractivity contribution >= 4 is 43.4 Å². The number of nitrogens with one attached hydrogen (secondary N) is 1. The fourth-order valence-corrected chi connectivity index (χ4v) is 5.59. The van der Waals surface area contributed by atoms with Crippen LogP contribution in [0.3, 0.4) is 0 Å². The van der Waals surface area contributed by atoms with Crippen molar-refractivity contribution in [1.29, 1.82) is 0 Å². The molecular formula is C20H28BrN3O3S. The van der Waals surface area contributed by atoms with Crippen LogP contribution in [0.15, 0.2) is 13.4 Å². The second kappa shape index (κ2) is 9.39. The fourth-order valence-electron chi connectivity index (χ4n) is 3.89. The zero-order valence-electron chi connectivity index (χ0n) is 16.6. The molecule has 1 fully saturated rings. The van der Waals surface area contributed by atoms with Crippen LogP contribution in [0.5, 0.6) is 0 Å². The molecule has 0 aromatic carbocycles. The summed E-state index contributed by atoms with van der Waals surface area (Å²) in [5.74, 6) is -0.252. The molecule has 28 heavy (non-hydrogen) atoms. The summed E-state index contributed by atoms with van der Waals surface area (Å²) in [6.45, 7) is 4.32. The van der Waals surface area contributed by atoms with Crippen molar-refractivity contribution in [2.75, 3.05) is 0 Å². The summed E-state index contributed by atoms with van der Waals surface area (Å²) in [5.41, 5.74) is 0.0711. The van der Waals surface area contributed by atoms with E-state index in [0.717, 1.165) is 58.9 Å². The molecule has 2 aromatic heterocycles. The molecule has 0 aliphatic heterocycles. The molecule has 3 rings (SSSR count). The smallest absolute Gasteiger partial charge is 0.332 e. The minimum Gasteiger partial charge on any atom is -0.352 e. The Hall–Kier alpha value is -1.41. The van der Waals surface area contributed by atoms with Gasteiger partial charge in [0.2, 0.25) is 5.91 Å². The molecule has 1 saturated carbocycles. The first-order valence-electron chi connectivity index (χ1n) is 10.2. The highest BCUT2D eigenvalue weighted by molar-refractivity contribution is 9.11. The first kappa shape index (κ1) is 21.3. The highest BCUT2D eigenvalue weighted by Gasteiger charge is 2.21. The molecular weight excluding hydrogens is 442 g/mol. The van der Waals surface area contributed by atoms with Crippen molar-refractivity contribution in [2.24, 2.45) is 0 Å². The van der Waals surface area contributed by atoms with Gasteiger partial charge in [0.15, 0.2) is 0 Å². The third kappa shape index (κ3) is 4.43. The van der Waals surface area contributed by atoms with Gasteiger partial charge < -0.3 is 5.32 Å².